The second-order valence-corrected chi connectivity index (χ2v) is 7.59. The van der Waals surface area contributed by atoms with E-state index < -0.39 is 7.60 Å². The van der Waals surface area contributed by atoms with E-state index in [1.54, 1.807) is 18.9 Å². The second-order valence-electron chi connectivity index (χ2n) is 4.24. The smallest absolute Gasteiger partial charge is 0.333 e. The summed E-state index contributed by atoms with van der Waals surface area (Å²) < 4.78 is 28.4. The molecule has 0 spiro atoms. The molecule has 7 heteroatoms. The second kappa shape index (κ2) is 6.85. The normalized spacial score (nSPS) is 17.6. The lowest BCUT2D eigenvalue weighted by atomic mass is 10.3. The third-order valence-electron chi connectivity index (χ3n) is 2.82. The third-order valence-corrected chi connectivity index (χ3v) is 6.34. The third kappa shape index (κ3) is 3.70. The number of methoxy groups -OCH3 is 1. The van der Waals surface area contributed by atoms with Crippen molar-refractivity contribution in [2.45, 2.75) is 24.1 Å². The van der Waals surface area contributed by atoms with Crippen LogP contribution in [0.4, 0.5) is 5.69 Å². The summed E-state index contributed by atoms with van der Waals surface area (Å²) in [6.45, 7) is 4.41. The zero-order valence-electron chi connectivity index (χ0n) is 11.9. The highest BCUT2D eigenvalue weighted by molar-refractivity contribution is 8.00. The van der Waals surface area contributed by atoms with Gasteiger partial charge in [0.1, 0.15) is 5.75 Å². The van der Waals surface area contributed by atoms with Crippen LogP contribution in [0.3, 0.4) is 0 Å². The minimum Gasteiger partial charge on any atom is -0.497 e. The number of fused-ring (bicyclic) bond motifs is 1. The van der Waals surface area contributed by atoms with Gasteiger partial charge in [0, 0.05) is 10.6 Å². The number of anilines is 1. The summed E-state index contributed by atoms with van der Waals surface area (Å²) in [5.41, 5.74) is 1.03. The van der Waals surface area contributed by atoms with Gasteiger partial charge in [-0.2, -0.15) is 0 Å². The molecule has 0 aliphatic carbocycles. The molecule has 112 valence electrons. The maximum absolute atomic E-state index is 12.5. The molecule has 1 aliphatic heterocycles. The van der Waals surface area contributed by atoms with Crippen molar-refractivity contribution in [1.82, 2.24) is 0 Å². The molecule has 5 nitrogen and oxygen atoms in total. The van der Waals surface area contributed by atoms with Gasteiger partial charge in [0.05, 0.1) is 31.9 Å². The molecule has 0 saturated carbocycles. The zero-order valence-corrected chi connectivity index (χ0v) is 13.6. The Balaban J connectivity index is 2.04. The molecule has 1 N–H and O–H groups in total. The van der Waals surface area contributed by atoms with Gasteiger partial charge in [-0.25, -0.2) is 0 Å². The summed E-state index contributed by atoms with van der Waals surface area (Å²) in [6.07, 6.45) is 0.344. The predicted octanol–water partition coefficient (Wildman–Crippen LogP) is 3.81. The maximum Gasteiger partial charge on any atom is 0.333 e. The quantitative estimate of drug-likeness (QED) is 0.772. The van der Waals surface area contributed by atoms with E-state index in [1.165, 1.54) is 0 Å². The fraction of sp³-hybridized carbons (Fsp3) is 0.538. The Bertz CT molecular complexity index is 501. The van der Waals surface area contributed by atoms with Crippen molar-refractivity contribution in [2.24, 2.45) is 0 Å². The van der Waals surface area contributed by atoms with Gasteiger partial charge >= 0.3 is 7.60 Å². The Morgan fingerprint density at radius 2 is 2.00 bits per heavy atom. The molecule has 0 bridgehead atoms. The maximum atomic E-state index is 12.5. The van der Waals surface area contributed by atoms with Gasteiger partial charge in [-0.05, 0) is 32.0 Å². The molecule has 0 radical (unpaired) electrons. The summed E-state index contributed by atoms with van der Waals surface area (Å²) >= 11 is 1.62. The summed E-state index contributed by atoms with van der Waals surface area (Å²) in [6, 6.07) is 5.84. The number of nitrogens with one attached hydrogen (secondary N) is 1. The largest absolute Gasteiger partial charge is 0.497 e. The van der Waals surface area contributed by atoms with Crippen molar-refractivity contribution >= 4 is 25.0 Å². The number of thioether (sulfide) groups is 1. The molecule has 0 aromatic heterocycles. The van der Waals surface area contributed by atoms with Crippen molar-refractivity contribution in [3.8, 4) is 5.75 Å². The molecule has 1 atom stereocenters. The Kier molecular flexibility index (Phi) is 5.38. The van der Waals surface area contributed by atoms with Gasteiger partial charge in [0.25, 0.3) is 0 Å². The first-order chi connectivity index (χ1) is 9.60. The molecule has 1 aliphatic rings. The van der Waals surface area contributed by atoms with Crippen LogP contribution in [-0.2, 0) is 13.6 Å². The Labute approximate surface area is 123 Å². The van der Waals surface area contributed by atoms with Crippen molar-refractivity contribution < 1.29 is 18.3 Å². The van der Waals surface area contributed by atoms with E-state index in [9.17, 15) is 4.57 Å². The summed E-state index contributed by atoms with van der Waals surface area (Å²) in [5.74, 6) is 0.816. The van der Waals surface area contributed by atoms with Crippen molar-refractivity contribution in [3.05, 3.63) is 18.2 Å². The van der Waals surface area contributed by atoms with Crippen molar-refractivity contribution in [2.75, 3.05) is 31.8 Å². The van der Waals surface area contributed by atoms with Crippen LogP contribution in [0.2, 0.25) is 0 Å². The van der Waals surface area contributed by atoms with Gasteiger partial charge in [-0.1, -0.05) is 11.8 Å². The summed E-state index contributed by atoms with van der Waals surface area (Å²) in [7, 11) is -1.39. The number of hydrogen-bond donors (Lipinski definition) is 1. The van der Waals surface area contributed by atoms with Gasteiger partial charge in [-0.3, -0.25) is 4.57 Å². The monoisotopic (exact) mass is 317 g/mol. The molecule has 1 heterocycles. The highest BCUT2D eigenvalue weighted by Crippen LogP contribution is 2.53. The van der Waals surface area contributed by atoms with E-state index >= 15 is 0 Å². The van der Waals surface area contributed by atoms with Crippen LogP contribution in [0, 0.1) is 0 Å². The summed E-state index contributed by atoms with van der Waals surface area (Å²) in [5, 5.41) is 3.32. The molecular formula is C13H20NO4PS. The van der Waals surface area contributed by atoms with Crippen molar-refractivity contribution in [3.63, 3.8) is 0 Å². The number of rotatable bonds is 7. The van der Waals surface area contributed by atoms with Crippen LogP contribution in [0.25, 0.3) is 0 Å². The van der Waals surface area contributed by atoms with Crippen LogP contribution < -0.4 is 10.1 Å². The molecule has 0 amide bonds. The van der Waals surface area contributed by atoms with Crippen LogP contribution in [-0.4, -0.2) is 31.9 Å². The SMILES string of the molecule is CCOP(=O)(CC1Nc2ccc(OC)cc2S1)OCC. The molecular weight excluding hydrogens is 297 g/mol. The fourth-order valence-electron chi connectivity index (χ4n) is 2.02. The number of benzene rings is 1. The minimum atomic E-state index is -3.03. The van der Waals surface area contributed by atoms with E-state index in [0.717, 1.165) is 16.3 Å². The van der Waals surface area contributed by atoms with Crippen LogP contribution in [0.1, 0.15) is 13.8 Å². The molecule has 2 rings (SSSR count). The highest BCUT2D eigenvalue weighted by Gasteiger charge is 2.32. The predicted molar refractivity (Wildman–Crippen MR) is 82.0 cm³/mol. The van der Waals surface area contributed by atoms with Gasteiger partial charge < -0.3 is 19.1 Å². The van der Waals surface area contributed by atoms with Gasteiger partial charge in [-0.15, -0.1) is 0 Å². The Morgan fingerprint density at radius 3 is 2.60 bits per heavy atom. The standard InChI is InChI=1S/C13H20NO4PS/c1-4-17-19(15,18-5-2)9-13-14-11-7-6-10(16-3)8-12(11)20-13/h6-8,13-14H,4-5,9H2,1-3H3. The zero-order chi connectivity index (χ0) is 14.6. The molecule has 1 unspecified atom stereocenters. The minimum absolute atomic E-state index is 0.0129. The number of hydrogen-bond acceptors (Lipinski definition) is 6. The van der Waals surface area contributed by atoms with Gasteiger partial charge in [0.2, 0.25) is 0 Å². The molecule has 1 aromatic carbocycles. The molecule has 0 fully saturated rings. The number of ether oxygens (including phenoxy) is 1. The molecule has 20 heavy (non-hydrogen) atoms. The lowest BCUT2D eigenvalue weighted by Gasteiger charge is -2.20. The lowest BCUT2D eigenvalue weighted by Crippen LogP contribution is -2.17. The molecule has 0 saturated heterocycles. The first-order valence-electron chi connectivity index (χ1n) is 6.59. The van der Waals surface area contributed by atoms with Gasteiger partial charge in [0.15, 0.2) is 0 Å². The topological polar surface area (TPSA) is 56.8 Å². The summed E-state index contributed by atoms with van der Waals surface area (Å²) in [4.78, 5) is 1.09. The van der Waals surface area contributed by atoms with E-state index in [-0.39, 0.29) is 5.37 Å². The van der Waals surface area contributed by atoms with E-state index in [4.69, 9.17) is 13.8 Å². The lowest BCUT2D eigenvalue weighted by molar-refractivity contribution is 0.220. The Hall–Kier alpha value is -0.680. The average Bonchev–Trinajstić information content (AvgIpc) is 2.79. The first kappa shape index (κ1) is 15.7. The van der Waals surface area contributed by atoms with Crippen molar-refractivity contribution in [1.29, 1.82) is 0 Å². The van der Waals surface area contributed by atoms with Crippen LogP contribution >= 0.6 is 19.4 Å². The van der Waals surface area contributed by atoms with E-state index in [1.807, 2.05) is 32.0 Å². The van der Waals surface area contributed by atoms with Crippen LogP contribution in [0.15, 0.2) is 23.1 Å². The van der Waals surface area contributed by atoms with Crippen LogP contribution in [0.5, 0.6) is 5.75 Å². The van der Waals surface area contributed by atoms with E-state index in [2.05, 4.69) is 5.32 Å². The highest BCUT2D eigenvalue weighted by atomic mass is 32.2. The van der Waals surface area contributed by atoms with E-state index in [0.29, 0.717) is 19.4 Å². The average molecular weight is 317 g/mol. The first-order valence-corrected chi connectivity index (χ1v) is 9.20. The Morgan fingerprint density at radius 1 is 1.30 bits per heavy atom. The molecule has 1 aromatic rings. The fourth-order valence-corrected chi connectivity index (χ4v) is 5.37.